The van der Waals surface area contributed by atoms with Crippen molar-refractivity contribution in [2.24, 2.45) is 0 Å². The molecule has 0 bridgehead atoms. The first-order valence-electron chi connectivity index (χ1n) is 5.48. The van der Waals surface area contributed by atoms with Crippen LogP contribution in [0.1, 0.15) is 0 Å². The van der Waals surface area contributed by atoms with Crippen LogP contribution in [0.2, 0.25) is 10.0 Å². The Labute approximate surface area is 121 Å². The van der Waals surface area contributed by atoms with E-state index in [0.29, 0.717) is 27.3 Å². The number of rotatable bonds is 4. The van der Waals surface area contributed by atoms with Gasteiger partial charge in [0.15, 0.2) is 0 Å². The zero-order valence-corrected chi connectivity index (χ0v) is 11.4. The van der Waals surface area contributed by atoms with E-state index in [1.165, 1.54) is 0 Å². The number of benzene rings is 2. The van der Waals surface area contributed by atoms with Crippen molar-refractivity contribution in [1.82, 2.24) is 0 Å². The Hall–Kier alpha value is -1.82. The fourth-order valence-corrected chi connectivity index (χ4v) is 1.69. The second-order valence-corrected chi connectivity index (χ2v) is 4.48. The van der Waals surface area contributed by atoms with Crippen molar-refractivity contribution in [2.75, 3.05) is 6.61 Å². The normalized spacial score (nSPS) is 9.74. The molecule has 2 rings (SSSR count). The summed E-state index contributed by atoms with van der Waals surface area (Å²) in [4.78, 5) is 0. The third-order valence-corrected chi connectivity index (χ3v) is 2.83. The molecule has 2 aromatic rings. The SMILES string of the molecule is C#CCOc1ccc(Cl)c(Oc2ccc(Cl)cc2)c1. The third kappa shape index (κ3) is 3.82. The number of terminal acetylenes is 1. The highest BCUT2D eigenvalue weighted by Gasteiger charge is 2.05. The highest BCUT2D eigenvalue weighted by atomic mass is 35.5. The molecule has 0 radical (unpaired) electrons. The van der Waals surface area contributed by atoms with Crippen LogP contribution in [-0.4, -0.2) is 6.61 Å². The van der Waals surface area contributed by atoms with E-state index in [-0.39, 0.29) is 6.61 Å². The zero-order chi connectivity index (χ0) is 13.7. The van der Waals surface area contributed by atoms with Crippen molar-refractivity contribution < 1.29 is 9.47 Å². The maximum absolute atomic E-state index is 6.06. The quantitative estimate of drug-likeness (QED) is 0.754. The molecule has 0 aliphatic heterocycles. The summed E-state index contributed by atoms with van der Waals surface area (Å²) in [7, 11) is 0. The lowest BCUT2D eigenvalue weighted by molar-refractivity contribution is 0.367. The van der Waals surface area contributed by atoms with Crippen LogP contribution in [0.3, 0.4) is 0 Å². The highest BCUT2D eigenvalue weighted by molar-refractivity contribution is 6.32. The number of hydrogen-bond acceptors (Lipinski definition) is 2. The smallest absolute Gasteiger partial charge is 0.149 e. The maximum atomic E-state index is 6.06. The van der Waals surface area contributed by atoms with Crippen LogP contribution in [0, 0.1) is 12.3 Å². The molecular formula is C15H10Cl2O2. The largest absolute Gasteiger partial charge is 0.481 e. The summed E-state index contributed by atoms with van der Waals surface area (Å²) in [5.41, 5.74) is 0. The molecule has 96 valence electrons. The van der Waals surface area contributed by atoms with Crippen molar-refractivity contribution in [3.63, 3.8) is 0 Å². The average molecular weight is 293 g/mol. The topological polar surface area (TPSA) is 18.5 Å². The molecule has 0 atom stereocenters. The summed E-state index contributed by atoms with van der Waals surface area (Å²) in [6, 6.07) is 12.1. The molecule has 2 nitrogen and oxygen atoms in total. The summed E-state index contributed by atoms with van der Waals surface area (Å²) in [6.45, 7) is 0.196. The second-order valence-electron chi connectivity index (χ2n) is 3.64. The van der Waals surface area contributed by atoms with Crippen LogP contribution in [0.15, 0.2) is 42.5 Å². The fourth-order valence-electron chi connectivity index (χ4n) is 1.41. The first kappa shape index (κ1) is 13.6. The van der Waals surface area contributed by atoms with E-state index < -0.39 is 0 Å². The molecule has 0 amide bonds. The lowest BCUT2D eigenvalue weighted by Crippen LogP contribution is -1.94. The first-order valence-corrected chi connectivity index (χ1v) is 6.24. The van der Waals surface area contributed by atoms with E-state index in [9.17, 15) is 0 Å². The molecule has 2 aromatic carbocycles. The summed E-state index contributed by atoms with van der Waals surface area (Å²) in [6.07, 6.45) is 5.14. The molecule has 0 fully saturated rings. The third-order valence-electron chi connectivity index (χ3n) is 2.27. The van der Waals surface area contributed by atoms with Crippen LogP contribution in [0.5, 0.6) is 17.2 Å². The van der Waals surface area contributed by atoms with E-state index in [2.05, 4.69) is 5.92 Å². The van der Waals surface area contributed by atoms with Gasteiger partial charge in [-0.15, -0.1) is 6.42 Å². The number of halogens is 2. The zero-order valence-electron chi connectivity index (χ0n) is 9.90. The van der Waals surface area contributed by atoms with E-state index in [1.54, 1.807) is 42.5 Å². The van der Waals surface area contributed by atoms with E-state index in [0.717, 1.165) is 0 Å². The van der Waals surface area contributed by atoms with Crippen molar-refractivity contribution in [2.45, 2.75) is 0 Å². The van der Waals surface area contributed by atoms with Gasteiger partial charge in [0.2, 0.25) is 0 Å². The molecule has 0 heterocycles. The fraction of sp³-hybridized carbons (Fsp3) is 0.0667. The van der Waals surface area contributed by atoms with Gasteiger partial charge in [0, 0.05) is 11.1 Å². The Morgan fingerprint density at radius 2 is 1.68 bits per heavy atom. The Morgan fingerprint density at radius 3 is 2.37 bits per heavy atom. The molecule has 4 heteroatoms. The predicted molar refractivity (Wildman–Crippen MR) is 77.3 cm³/mol. The minimum absolute atomic E-state index is 0.196. The van der Waals surface area contributed by atoms with Gasteiger partial charge in [-0.3, -0.25) is 0 Å². The Morgan fingerprint density at radius 1 is 1.00 bits per heavy atom. The molecule has 0 saturated heterocycles. The minimum atomic E-state index is 0.196. The average Bonchev–Trinajstić information content (AvgIpc) is 2.42. The van der Waals surface area contributed by atoms with Gasteiger partial charge in [0.1, 0.15) is 23.9 Å². The summed E-state index contributed by atoms with van der Waals surface area (Å²) in [5, 5.41) is 1.13. The van der Waals surface area contributed by atoms with Crippen molar-refractivity contribution in [3.8, 4) is 29.6 Å². The van der Waals surface area contributed by atoms with Crippen molar-refractivity contribution >= 4 is 23.2 Å². The molecular weight excluding hydrogens is 283 g/mol. The molecule has 0 unspecified atom stereocenters. The second kappa shape index (κ2) is 6.38. The number of ether oxygens (including phenoxy) is 2. The first-order chi connectivity index (χ1) is 9.19. The monoisotopic (exact) mass is 292 g/mol. The van der Waals surface area contributed by atoms with Crippen LogP contribution in [0.4, 0.5) is 0 Å². The highest BCUT2D eigenvalue weighted by Crippen LogP contribution is 2.33. The maximum Gasteiger partial charge on any atom is 0.149 e. The summed E-state index contributed by atoms with van der Waals surface area (Å²) < 4.78 is 11.0. The molecule has 0 aliphatic rings. The standard InChI is InChI=1S/C15H10Cl2O2/c1-2-9-18-13-7-8-14(17)15(10-13)19-12-5-3-11(16)4-6-12/h1,3-8,10H,9H2. The molecule has 19 heavy (non-hydrogen) atoms. The number of hydrogen-bond donors (Lipinski definition) is 0. The van der Waals surface area contributed by atoms with Gasteiger partial charge in [-0.1, -0.05) is 29.1 Å². The summed E-state index contributed by atoms with van der Waals surface area (Å²) in [5.74, 6) is 4.14. The predicted octanol–water partition coefficient (Wildman–Crippen LogP) is 4.80. The molecule has 0 N–H and O–H groups in total. The molecule has 0 aliphatic carbocycles. The lowest BCUT2D eigenvalue weighted by atomic mass is 10.3. The Bertz CT molecular complexity index is 601. The van der Waals surface area contributed by atoms with E-state index in [4.69, 9.17) is 39.1 Å². The van der Waals surface area contributed by atoms with Gasteiger partial charge in [0.05, 0.1) is 5.02 Å². The van der Waals surface area contributed by atoms with Gasteiger partial charge in [0.25, 0.3) is 0 Å². The Kier molecular flexibility index (Phi) is 4.57. The van der Waals surface area contributed by atoms with Crippen LogP contribution < -0.4 is 9.47 Å². The van der Waals surface area contributed by atoms with Gasteiger partial charge < -0.3 is 9.47 Å². The van der Waals surface area contributed by atoms with Gasteiger partial charge in [-0.2, -0.15) is 0 Å². The molecule has 0 saturated carbocycles. The van der Waals surface area contributed by atoms with Crippen molar-refractivity contribution in [3.05, 3.63) is 52.5 Å². The Balaban J connectivity index is 2.19. The van der Waals surface area contributed by atoms with E-state index in [1.807, 2.05) is 0 Å². The molecule has 0 aromatic heterocycles. The van der Waals surface area contributed by atoms with Gasteiger partial charge in [-0.05, 0) is 36.4 Å². The minimum Gasteiger partial charge on any atom is -0.481 e. The molecule has 0 spiro atoms. The van der Waals surface area contributed by atoms with Crippen LogP contribution in [-0.2, 0) is 0 Å². The summed E-state index contributed by atoms with van der Waals surface area (Å²) >= 11 is 11.9. The van der Waals surface area contributed by atoms with Crippen LogP contribution >= 0.6 is 23.2 Å². The van der Waals surface area contributed by atoms with E-state index >= 15 is 0 Å². The van der Waals surface area contributed by atoms with Crippen LogP contribution in [0.25, 0.3) is 0 Å². The van der Waals surface area contributed by atoms with Gasteiger partial charge >= 0.3 is 0 Å². The van der Waals surface area contributed by atoms with Crippen molar-refractivity contribution in [1.29, 1.82) is 0 Å². The lowest BCUT2D eigenvalue weighted by Gasteiger charge is -2.09. The van der Waals surface area contributed by atoms with Gasteiger partial charge in [-0.25, -0.2) is 0 Å².